The van der Waals surface area contributed by atoms with Crippen molar-refractivity contribution in [2.24, 2.45) is 0 Å². The van der Waals surface area contributed by atoms with Gasteiger partial charge in [-0.1, -0.05) is 79.4 Å². The molecule has 0 heterocycles. The van der Waals surface area contributed by atoms with Crippen molar-refractivity contribution in [3.63, 3.8) is 0 Å². The third kappa shape index (κ3) is 8.25. The van der Waals surface area contributed by atoms with Crippen LogP contribution in [0.4, 0.5) is 0 Å². The van der Waals surface area contributed by atoms with Crippen LogP contribution in [-0.2, 0) is 22.6 Å². The summed E-state index contributed by atoms with van der Waals surface area (Å²) in [6, 6.07) is 22.5. The molecule has 2 amide bonds. The fraction of sp³-hybridized carbons (Fsp3) is 0.394. The quantitative estimate of drug-likeness (QED) is 0.327. The molecule has 3 aromatic rings. The van der Waals surface area contributed by atoms with E-state index in [0.717, 1.165) is 42.4 Å². The number of carbonyl (C=O) groups is 2. The Hall–Kier alpha value is -4.00. The van der Waals surface area contributed by atoms with Gasteiger partial charge in [0.25, 0.3) is 5.91 Å². The average molecular weight is 545 g/mol. The molecule has 7 heteroatoms. The molecular weight excluding hydrogens is 504 g/mol. The lowest BCUT2D eigenvalue weighted by atomic mass is 9.94. The molecule has 0 saturated heterocycles. The first kappa shape index (κ1) is 29.0. The smallest absolute Gasteiger partial charge is 0.261 e. The highest BCUT2D eigenvalue weighted by molar-refractivity contribution is 5.88. The number of amides is 2. The van der Waals surface area contributed by atoms with Gasteiger partial charge in [0.15, 0.2) is 6.61 Å². The van der Waals surface area contributed by atoms with E-state index in [9.17, 15) is 9.59 Å². The van der Waals surface area contributed by atoms with E-state index in [-0.39, 0.29) is 24.5 Å². The van der Waals surface area contributed by atoms with E-state index in [1.54, 1.807) is 37.3 Å². The maximum absolute atomic E-state index is 13.9. The summed E-state index contributed by atoms with van der Waals surface area (Å²) in [7, 11) is 3.12. The van der Waals surface area contributed by atoms with E-state index in [0.29, 0.717) is 30.2 Å². The molecule has 0 bridgehead atoms. The molecule has 7 nitrogen and oxygen atoms in total. The monoisotopic (exact) mass is 544 g/mol. The zero-order chi connectivity index (χ0) is 28.3. The normalized spacial score (nSPS) is 14.2. The first-order valence-electron chi connectivity index (χ1n) is 14.0. The molecule has 1 aliphatic carbocycles. The van der Waals surface area contributed by atoms with Crippen molar-refractivity contribution in [2.45, 2.75) is 64.1 Å². The van der Waals surface area contributed by atoms with Crippen molar-refractivity contribution >= 4 is 11.8 Å². The number of rotatable bonds is 12. The molecule has 1 saturated carbocycles. The minimum Gasteiger partial charge on any atom is -0.496 e. The lowest BCUT2D eigenvalue weighted by Gasteiger charge is -2.33. The fourth-order valence-corrected chi connectivity index (χ4v) is 5.08. The van der Waals surface area contributed by atoms with Crippen molar-refractivity contribution in [3.8, 4) is 17.2 Å². The van der Waals surface area contributed by atoms with Gasteiger partial charge in [0.2, 0.25) is 5.91 Å². The van der Waals surface area contributed by atoms with Crippen LogP contribution in [0.15, 0.2) is 72.8 Å². The standard InChI is InChI=1S/C33H40N2O5/c1-24-14-16-26(17-15-24)22-35(32(36)23-40-30-20-28(38-2)19-29(21-30)39-3)31(18-25-10-6-4-7-11-25)33(37)34-27-12-8-5-9-13-27/h4,6-7,10-11,14-17,19-21,27,31H,5,8-9,12-13,18,22-23H2,1-3H3,(H,34,37). The van der Waals surface area contributed by atoms with E-state index in [1.807, 2.05) is 61.5 Å². The fourth-order valence-electron chi connectivity index (χ4n) is 5.08. The Morgan fingerprint density at radius 1 is 0.850 bits per heavy atom. The Morgan fingerprint density at radius 2 is 1.48 bits per heavy atom. The predicted octanol–water partition coefficient (Wildman–Crippen LogP) is 5.48. The summed E-state index contributed by atoms with van der Waals surface area (Å²) in [5, 5.41) is 3.27. The van der Waals surface area contributed by atoms with Crippen LogP contribution in [0, 0.1) is 6.92 Å². The van der Waals surface area contributed by atoms with E-state index >= 15 is 0 Å². The number of methoxy groups -OCH3 is 2. The van der Waals surface area contributed by atoms with Crippen molar-refractivity contribution in [3.05, 3.63) is 89.5 Å². The molecule has 1 fully saturated rings. The first-order valence-corrected chi connectivity index (χ1v) is 14.0. The summed E-state index contributed by atoms with van der Waals surface area (Å²) in [5.74, 6) is 1.17. The highest BCUT2D eigenvalue weighted by Gasteiger charge is 2.32. The minimum absolute atomic E-state index is 0.126. The van der Waals surface area contributed by atoms with Gasteiger partial charge in [0.05, 0.1) is 14.2 Å². The van der Waals surface area contributed by atoms with Gasteiger partial charge in [0.1, 0.15) is 23.3 Å². The van der Waals surface area contributed by atoms with Crippen LogP contribution in [0.1, 0.15) is 48.8 Å². The SMILES string of the molecule is COc1cc(OC)cc(OCC(=O)N(Cc2ccc(C)cc2)C(Cc2ccccc2)C(=O)NC2CCCCC2)c1. The predicted molar refractivity (Wildman–Crippen MR) is 156 cm³/mol. The minimum atomic E-state index is -0.693. The second-order valence-corrected chi connectivity index (χ2v) is 10.4. The molecule has 212 valence electrons. The number of hydrogen-bond acceptors (Lipinski definition) is 5. The maximum Gasteiger partial charge on any atom is 0.261 e. The highest BCUT2D eigenvalue weighted by Crippen LogP contribution is 2.28. The van der Waals surface area contributed by atoms with Crippen molar-refractivity contribution < 1.29 is 23.8 Å². The lowest BCUT2D eigenvalue weighted by Crippen LogP contribution is -2.53. The number of benzene rings is 3. The van der Waals surface area contributed by atoms with Crippen LogP contribution in [0.5, 0.6) is 17.2 Å². The van der Waals surface area contributed by atoms with Crippen molar-refractivity contribution in [1.82, 2.24) is 10.2 Å². The molecule has 0 aromatic heterocycles. The lowest BCUT2D eigenvalue weighted by molar-refractivity contribution is -0.143. The molecule has 1 unspecified atom stereocenters. The van der Waals surface area contributed by atoms with Crippen LogP contribution in [-0.4, -0.2) is 49.6 Å². The second-order valence-electron chi connectivity index (χ2n) is 10.4. The Labute approximate surface area is 237 Å². The molecular formula is C33H40N2O5. The zero-order valence-electron chi connectivity index (χ0n) is 23.7. The first-order chi connectivity index (χ1) is 19.4. The molecule has 3 aromatic carbocycles. The van der Waals surface area contributed by atoms with Gasteiger partial charge < -0.3 is 24.4 Å². The third-order valence-electron chi connectivity index (χ3n) is 7.38. The third-order valence-corrected chi connectivity index (χ3v) is 7.38. The van der Waals surface area contributed by atoms with E-state index in [4.69, 9.17) is 14.2 Å². The Morgan fingerprint density at radius 3 is 2.10 bits per heavy atom. The summed E-state index contributed by atoms with van der Waals surface area (Å²) in [4.78, 5) is 29.4. The summed E-state index contributed by atoms with van der Waals surface area (Å²) < 4.78 is 16.6. The topological polar surface area (TPSA) is 77.1 Å². The van der Waals surface area contributed by atoms with Gasteiger partial charge in [-0.05, 0) is 30.9 Å². The average Bonchev–Trinajstić information content (AvgIpc) is 2.99. The number of nitrogens with zero attached hydrogens (tertiary/aromatic N) is 1. The Balaban J connectivity index is 1.61. The molecule has 1 N–H and O–H groups in total. The second kappa shape index (κ2) is 14.4. The number of carbonyl (C=O) groups excluding carboxylic acids is 2. The Kier molecular flexibility index (Phi) is 10.4. The number of hydrogen-bond donors (Lipinski definition) is 1. The van der Waals surface area contributed by atoms with Crippen molar-refractivity contribution in [2.75, 3.05) is 20.8 Å². The van der Waals surface area contributed by atoms with Crippen LogP contribution >= 0.6 is 0 Å². The molecule has 0 spiro atoms. The van der Waals surface area contributed by atoms with Crippen LogP contribution in [0.3, 0.4) is 0 Å². The molecule has 1 aliphatic rings. The van der Waals surface area contributed by atoms with Crippen LogP contribution in [0.2, 0.25) is 0 Å². The summed E-state index contributed by atoms with van der Waals surface area (Å²) in [6.07, 6.45) is 5.76. The molecule has 0 aliphatic heterocycles. The number of aryl methyl sites for hydroxylation is 1. The van der Waals surface area contributed by atoms with Gasteiger partial charge in [-0.2, -0.15) is 0 Å². The molecule has 0 radical (unpaired) electrons. The summed E-state index contributed by atoms with van der Waals surface area (Å²) >= 11 is 0. The largest absolute Gasteiger partial charge is 0.496 e. The summed E-state index contributed by atoms with van der Waals surface area (Å²) in [5.41, 5.74) is 3.07. The van der Waals surface area contributed by atoms with E-state index in [1.165, 1.54) is 6.42 Å². The molecule has 40 heavy (non-hydrogen) atoms. The van der Waals surface area contributed by atoms with Gasteiger partial charge in [-0.3, -0.25) is 9.59 Å². The zero-order valence-corrected chi connectivity index (χ0v) is 23.7. The highest BCUT2D eigenvalue weighted by atomic mass is 16.5. The Bertz CT molecular complexity index is 1220. The number of ether oxygens (including phenoxy) is 3. The molecule has 4 rings (SSSR count). The van der Waals surface area contributed by atoms with E-state index < -0.39 is 6.04 Å². The molecule has 1 atom stereocenters. The van der Waals surface area contributed by atoms with Gasteiger partial charge in [0, 0.05) is 37.2 Å². The van der Waals surface area contributed by atoms with E-state index in [2.05, 4.69) is 5.32 Å². The van der Waals surface area contributed by atoms with Crippen LogP contribution in [0.25, 0.3) is 0 Å². The van der Waals surface area contributed by atoms with Gasteiger partial charge >= 0.3 is 0 Å². The summed E-state index contributed by atoms with van der Waals surface area (Å²) in [6.45, 7) is 2.09. The number of nitrogens with one attached hydrogen (secondary N) is 1. The van der Waals surface area contributed by atoms with Crippen molar-refractivity contribution in [1.29, 1.82) is 0 Å². The maximum atomic E-state index is 13.9. The van der Waals surface area contributed by atoms with Gasteiger partial charge in [-0.15, -0.1) is 0 Å². The van der Waals surface area contributed by atoms with Gasteiger partial charge in [-0.25, -0.2) is 0 Å². The van der Waals surface area contributed by atoms with Crippen LogP contribution < -0.4 is 19.5 Å².